The summed E-state index contributed by atoms with van der Waals surface area (Å²) in [6.07, 6.45) is -1.24. The van der Waals surface area contributed by atoms with Gasteiger partial charge in [-0.1, -0.05) is 6.07 Å². The van der Waals surface area contributed by atoms with Crippen LogP contribution in [-0.4, -0.2) is 25.1 Å². The van der Waals surface area contributed by atoms with Crippen molar-refractivity contribution in [2.45, 2.75) is 12.6 Å². The molecule has 0 saturated heterocycles. The highest BCUT2D eigenvalue weighted by Crippen LogP contribution is 2.29. The van der Waals surface area contributed by atoms with Crippen molar-refractivity contribution in [2.75, 3.05) is 5.32 Å². The maximum absolute atomic E-state index is 12.6. The summed E-state index contributed by atoms with van der Waals surface area (Å²) in [5, 5.41) is 5.78. The van der Waals surface area contributed by atoms with E-state index in [9.17, 15) is 18.0 Å². The van der Waals surface area contributed by atoms with E-state index in [1.807, 2.05) is 0 Å². The van der Waals surface area contributed by atoms with E-state index in [0.717, 1.165) is 10.7 Å². The number of carbonyl (C=O) groups excluding carboxylic acids is 1. The summed E-state index contributed by atoms with van der Waals surface area (Å²) in [5.74, 6) is -0.456. The van der Waals surface area contributed by atoms with Crippen LogP contribution in [0.1, 0.15) is 11.4 Å². The molecular formula is C14H12F3N5O. The van der Waals surface area contributed by atoms with Crippen LogP contribution in [0.2, 0.25) is 0 Å². The SMILES string of the molecule is Cn1nc(C(F)(F)F)cc1NC(=O)Cc1cccc2nccn12. The first-order chi connectivity index (χ1) is 10.8. The Morgan fingerprint density at radius 1 is 1.35 bits per heavy atom. The van der Waals surface area contributed by atoms with Crippen molar-refractivity contribution in [2.24, 2.45) is 7.05 Å². The quantitative estimate of drug-likeness (QED) is 0.804. The molecule has 6 nitrogen and oxygen atoms in total. The van der Waals surface area contributed by atoms with E-state index in [1.54, 1.807) is 35.0 Å². The van der Waals surface area contributed by atoms with Crippen LogP contribution >= 0.6 is 0 Å². The second-order valence-corrected chi connectivity index (χ2v) is 4.93. The first-order valence-electron chi connectivity index (χ1n) is 6.66. The molecule has 3 aromatic heterocycles. The Morgan fingerprint density at radius 2 is 2.13 bits per heavy atom. The number of amides is 1. The average molecular weight is 323 g/mol. The summed E-state index contributed by atoms with van der Waals surface area (Å²) >= 11 is 0. The van der Waals surface area contributed by atoms with Gasteiger partial charge in [0.2, 0.25) is 5.91 Å². The number of carbonyl (C=O) groups is 1. The van der Waals surface area contributed by atoms with Crippen molar-refractivity contribution in [3.63, 3.8) is 0 Å². The number of nitrogens with zero attached hydrogens (tertiary/aromatic N) is 4. The molecule has 23 heavy (non-hydrogen) atoms. The monoisotopic (exact) mass is 323 g/mol. The van der Waals surface area contributed by atoms with E-state index in [1.165, 1.54) is 7.05 Å². The van der Waals surface area contributed by atoms with Gasteiger partial charge in [-0.05, 0) is 12.1 Å². The number of aryl methyl sites for hydroxylation is 1. The number of anilines is 1. The molecule has 3 heterocycles. The van der Waals surface area contributed by atoms with Crippen molar-refractivity contribution in [3.8, 4) is 0 Å². The van der Waals surface area contributed by atoms with Crippen molar-refractivity contribution in [1.82, 2.24) is 19.2 Å². The van der Waals surface area contributed by atoms with E-state index >= 15 is 0 Å². The highest BCUT2D eigenvalue weighted by Gasteiger charge is 2.34. The zero-order chi connectivity index (χ0) is 16.6. The first kappa shape index (κ1) is 15.1. The lowest BCUT2D eigenvalue weighted by atomic mass is 10.2. The molecule has 0 fully saturated rings. The maximum Gasteiger partial charge on any atom is 0.435 e. The molecule has 3 aromatic rings. The van der Waals surface area contributed by atoms with E-state index in [2.05, 4.69) is 15.4 Å². The predicted octanol–water partition coefficient (Wildman–Crippen LogP) is 2.27. The average Bonchev–Trinajstić information content (AvgIpc) is 3.06. The van der Waals surface area contributed by atoms with E-state index in [4.69, 9.17) is 0 Å². The molecule has 1 N–H and O–H groups in total. The van der Waals surface area contributed by atoms with Crippen LogP contribution in [0.15, 0.2) is 36.7 Å². The molecule has 3 rings (SSSR count). The molecule has 0 aromatic carbocycles. The van der Waals surface area contributed by atoms with Gasteiger partial charge in [0, 0.05) is 31.2 Å². The lowest BCUT2D eigenvalue weighted by molar-refractivity contribution is -0.141. The van der Waals surface area contributed by atoms with Gasteiger partial charge in [-0.3, -0.25) is 9.48 Å². The Bertz CT molecular complexity index is 865. The van der Waals surface area contributed by atoms with Gasteiger partial charge in [0.1, 0.15) is 11.5 Å². The number of hydrogen-bond donors (Lipinski definition) is 1. The molecule has 0 aliphatic carbocycles. The Balaban J connectivity index is 1.78. The van der Waals surface area contributed by atoms with Crippen LogP contribution in [0.3, 0.4) is 0 Å². The second kappa shape index (κ2) is 5.41. The predicted molar refractivity (Wildman–Crippen MR) is 75.7 cm³/mol. The van der Waals surface area contributed by atoms with Crippen LogP contribution < -0.4 is 5.32 Å². The van der Waals surface area contributed by atoms with Crippen LogP contribution in [-0.2, 0) is 24.4 Å². The summed E-state index contributed by atoms with van der Waals surface area (Å²) < 4.78 is 40.5. The Kier molecular flexibility index (Phi) is 3.55. The minimum absolute atomic E-state index is 0.000229. The van der Waals surface area contributed by atoms with Gasteiger partial charge in [0.15, 0.2) is 5.69 Å². The van der Waals surface area contributed by atoms with Gasteiger partial charge in [-0.2, -0.15) is 18.3 Å². The number of nitrogens with one attached hydrogen (secondary N) is 1. The fraction of sp³-hybridized carbons (Fsp3) is 0.214. The van der Waals surface area contributed by atoms with Gasteiger partial charge in [0.05, 0.1) is 6.42 Å². The number of aromatic nitrogens is 4. The Labute approximate surface area is 128 Å². The minimum atomic E-state index is -4.55. The first-order valence-corrected chi connectivity index (χ1v) is 6.66. The lowest BCUT2D eigenvalue weighted by Crippen LogP contribution is -2.18. The maximum atomic E-state index is 12.6. The smallest absolute Gasteiger partial charge is 0.311 e. The number of imidazole rings is 1. The molecule has 0 aliphatic heterocycles. The molecule has 120 valence electrons. The molecule has 0 saturated carbocycles. The Morgan fingerprint density at radius 3 is 2.83 bits per heavy atom. The molecule has 0 spiro atoms. The summed E-state index contributed by atoms with van der Waals surface area (Å²) in [7, 11) is 1.33. The molecule has 0 aliphatic rings. The van der Waals surface area contributed by atoms with Crippen LogP contribution in [0.25, 0.3) is 5.65 Å². The van der Waals surface area contributed by atoms with Gasteiger partial charge >= 0.3 is 6.18 Å². The third-order valence-corrected chi connectivity index (χ3v) is 3.29. The number of halogens is 3. The third kappa shape index (κ3) is 3.03. The van der Waals surface area contributed by atoms with Crippen molar-refractivity contribution in [1.29, 1.82) is 0 Å². The van der Waals surface area contributed by atoms with Gasteiger partial charge in [0.25, 0.3) is 0 Å². The summed E-state index contributed by atoms with van der Waals surface area (Å²) in [4.78, 5) is 16.2. The van der Waals surface area contributed by atoms with Gasteiger partial charge < -0.3 is 9.72 Å². The van der Waals surface area contributed by atoms with Crippen LogP contribution in [0.4, 0.5) is 19.0 Å². The zero-order valence-corrected chi connectivity index (χ0v) is 12.0. The normalized spacial score (nSPS) is 11.8. The molecule has 1 amide bonds. The lowest BCUT2D eigenvalue weighted by Gasteiger charge is -2.07. The fourth-order valence-electron chi connectivity index (χ4n) is 2.23. The molecular weight excluding hydrogens is 311 g/mol. The van der Waals surface area contributed by atoms with Crippen molar-refractivity contribution < 1.29 is 18.0 Å². The van der Waals surface area contributed by atoms with E-state index in [0.29, 0.717) is 11.3 Å². The Hall–Kier alpha value is -2.84. The van der Waals surface area contributed by atoms with Crippen LogP contribution in [0.5, 0.6) is 0 Å². The number of hydrogen-bond acceptors (Lipinski definition) is 3. The largest absolute Gasteiger partial charge is 0.435 e. The zero-order valence-electron chi connectivity index (χ0n) is 12.0. The van der Waals surface area contributed by atoms with Crippen molar-refractivity contribution >= 4 is 17.4 Å². The number of pyridine rings is 1. The molecule has 9 heteroatoms. The summed E-state index contributed by atoms with van der Waals surface area (Å²) in [6.45, 7) is 0. The number of alkyl halides is 3. The van der Waals surface area contributed by atoms with E-state index in [-0.39, 0.29) is 12.2 Å². The van der Waals surface area contributed by atoms with Gasteiger partial charge in [-0.25, -0.2) is 4.98 Å². The third-order valence-electron chi connectivity index (χ3n) is 3.29. The summed E-state index contributed by atoms with van der Waals surface area (Å²) in [6, 6.07) is 6.10. The molecule has 0 atom stereocenters. The minimum Gasteiger partial charge on any atom is -0.311 e. The van der Waals surface area contributed by atoms with Crippen LogP contribution in [0, 0.1) is 0 Å². The molecule has 0 bridgehead atoms. The standard InChI is InChI=1S/C14H12F3N5O/c1-21-12(8-10(20-21)14(15,16)17)19-13(23)7-9-3-2-4-11-18-5-6-22(9)11/h2-6,8H,7H2,1H3,(H,19,23). The highest BCUT2D eigenvalue weighted by atomic mass is 19.4. The van der Waals surface area contributed by atoms with Crippen molar-refractivity contribution in [3.05, 3.63) is 48.0 Å². The molecule has 0 unspecified atom stereocenters. The second-order valence-electron chi connectivity index (χ2n) is 4.93. The number of rotatable bonds is 3. The fourth-order valence-corrected chi connectivity index (χ4v) is 2.23. The van der Waals surface area contributed by atoms with Gasteiger partial charge in [-0.15, -0.1) is 0 Å². The van der Waals surface area contributed by atoms with E-state index < -0.39 is 17.8 Å². The molecule has 0 radical (unpaired) electrons. The summed E-state index contributed by atoms with van der Waals surface area (Å²) in [5.41, 5.74) is 0.318. The topological polar surface area (TPSA) is 64.2 Å². The highest BCUT2D eigenvalue weighted by molar-refractivity contribution is 5.91. The number of fused-ring (bicyclic) bond motifs is 1.